The average Bonchev–Trinajstić information content (AvgIpc) is 3.06. The van der Waals surface area contributed by atoms with E-state index in [1.807, 2.05) is 41.9 Å². The Morgan fingerprint density at radius 1 is 1.11 bits per heavy atom. The quantitative estimate of drug-likeness (QED) is 0.554. The summed E-state index contributed by atoms with van der Waals surface area (Å²) in [5.74, 6) is 1.05. The van der Waals surface area contributed by atoms with Gasteiger partial charge >= 0.3 is 0 Å². The molecule has 0 aliphatic heterocycles. The van der Waals surface area contributed by atoms with Gasteiger partial charge in [-0.1, -0.05) is 61.5 Å². The lowest BCUT2D eigenvalue weighted by Gasteiger charge is -2.07. The van der Waals surface area contributed by atoms with Gasteiger partial charge in [0.25, 0.3) is 0 Å². The van der Waals surface area contributed by atoms with E-state index in [1.165, 1.54) is 30.2 Å². The fourth-order valence-electron chi connectivity index (χ4n) is 2.96. The molecule has 6 heteroatoms. The van der Waals surface area contributed by atoms with Gasteiger partial charge in [-0.2, -0.15) is 0 Å². The van der Waals surface area contributed by atoms with Crippen LogP contribution in [0.3, 0.4) is 0 Å². The number of carbonyl (C=O) groups excluding carboxylic acids is 1. The maximum absolute atomic E-state index is 12.3. The second-order valence-corrected chi connectivity index (χ2v) is 7.76. The van der Waals surface area contributed by atoms with Crippen molar-refractivity contribution in [3.63, 3.8) is 0 Å². The minimum absolute atomic E-state index is 0.0493. The van der Waals surface area contributed by atoms with Gasteiger partial charge < -0.3 is 9.88 Å². The van der Waals surface area contributed by atoms with E-state index in [0.717, 1.165) is 34.2 Å². The molecule has 0 radical (unpaired) electrons. The number of benzene rings is 2. The van der Waals surface area contributed by atoms with E-state index in [4.69, 9.17) is 0 Å². The fourth-order valence-corrected chi connectivity index (χ4v) is 3.67. The number of hydrogen-bond donors (Lipinski definition) is 1. The highest BCUT2D eigenvalue weighted by atomic mass is 32.2. The smallest absolute Gasteiger partial charge is 0.234 e. The molecule has 5 nitrogen and oxygen atoms in total. The molecule has 2 aromatic carbocycles. The topological polar surface area (TPSA) is 59.8 Å². The first-order chi connectivity index (χ1) is 13.6. The normalized spacial score (nSPS) is 10.8. The van der Waals surface area contributed by atoms with Crippen LogP contribution in [0.1, 0.15) is 30.9 Å². The van der Waals surface area contributed by atoms with Crippen LogP contribution in [0, 0.1) is 6.92 Å². The summed E-state index contributed by atoms with van der Waals surface area (Å²) < 4.78 is 1.93. The number of anilines is 1. The number of aryl methyl sites for hydroxylation is 2. The van der Waals surface area contributed by atoms with Gasteiger partial charge in [-0.05, 0) is 43.0 Å². The SMILES string of the molecule is CCCCc1ccc(NC(=O)CSc2nnc(-c3ccccc3C)n2C)cc1. The molecular formula is C22H26N4OS. The van der Waals surface area contributed by atoms with E-state index in [0.29, 0.717) is 0 Å². The lowest BCUT2D eigenvalue weighted by Crippen LogP contribution is -2.14. The van der Waals surface area contributed by atoms with Crippen molar-refractivity contribution >= 4 is 23.4 Å². The fraction of sp³-hybridized carbons (Fsp3) is 0.318. The van der Waals surface area contributed by atoms with Crippen molar-refractivity contribution in [2.45, 2.75) is 38.3 Å². The van der Waals surface area contributed by atoms with E-state index < -0.39 is 0 Å². The van der Waals surface area contributed by atoms with Crippen molar-refractivity contribution in [2.24, 2.45) is 7.05 Å². The second kappa shape index (κ2) is 9.55. The molecule has 0 spiro atoms. The second-order valence-electron chi connectivity index (χ2n) is 6.82. The molecule has 0 atom stereocenters. The molecule has 0 aliphatic carbocycles. The van der Waals surface area contributed by atoms with Gasteiger partial charge in [0.1, 0.15) is 0 Å². The highest BCUT2D eigenvalue weighted by molar-refractivity contribution is 7.99. The Morgan fingerprint density at radius 3 is 2.57 bits per heavy atom. The molecule has 146 valence electrons. The van der Waals surface area contributed by atoms with Crippen molar-refractivity contribution in [2.75, 3.05) is 11.1 Å². The van der Waals surface area contributed by atoms with Gasteiger partial charge in [-0.3, -0.25) is 4.79 Å². The third-order valence-corrected chi connectivity index (χ3v) is 5.63. The number of rotatable bonds is 8. The highest BCUT2D eigenvalue weighted by Crippen LogP contribution is 2.25. The summed E-state index contributed by atoms with van der Waals surface area (Å²) in [4.78, 5) is 12.3. The monoisotopic (exact) mass is 394 g/mol. The van der Waals surface area contributed by atoms with Crippen molar-refractivity contribution < 1.29 is 4.79 Å². The van der Waals surface area contributed by atoms with Crippen LogP contribution < -0.4 is 5.32 Å². The average molecular weight is 395 g/mol. The Morgan fingerprint density at radius 2 is 1.86 bits per heavy atom. The van der Waals surface area contributed by atoms with Gasteiger partial charge in [0.15, 0.2) is 11.0 Å². The molecule has 1 N–H and O–H groups in total. The number of unbranched alkanes of at least 4 members (excludes halogenated alkanes) is 1. The molecule has 0 bridgehead atoms. The zero-order valence-corrected chi connectivity index (χ0v) is 17.4. The number of nitrogens with one attached hydrogen (secondary N) is 1. The first-order valence-electron chi connectivity index (χ1n) is 9.55. The summed E-state index contributed by atoms with van der Waals surface area (Å²) in [5, 5.41) is 12.2. The summed E-state index contributed by atoms with van der Waals surface area (Å²) in [5.41, 5.74) is 4.33. The lowest BCUT2D eigenvalue weighted by atomic mass is 10.1. The summed E-state index contributed by atoms with van der Waals surface area (Å²) in [6, 6.07) is 16.2. The van der Waals surface area contributed by atoms with E-state index in [1.54, 1.807) is 0 Å². The van der Waals surface area contributed by atoms with Crippen LogP contribution in [0.4, 0.5) is 5.69 Å². The van der Waals surface area contributed by atoms with Crippen molar-refractivity contribution in [3.8, 4) is 11.4 Å². The largest absolute Gasteiger partial charge is 0.325 e. The molecule has 0 fully saturated rings. The molecule has 1 heterocycles. The maximum Gasteiger partial charge on any atom is 0.234 e. The van der Waals surface area contributed by atoms with Crippen LogP contribution in [-0.2, 0) is 18.3 Å². The van der Waals surface area contributed by atoms with E-state index >= 15 is 0 Å². The predicted octanol–water partition coefficient (Wildman–Crippen LogP) is 4.86. The number of amides is 1. The number of hydrogen-bond acceptors (Lipinski definition) is 4. The van der Waals surface area contributed by atoms with Crippen LogP contribution >= 0.6 is 11.8 Å². The number of thioether (sulfide) groups is 1. The molecule has 1 amide bonds. The van der Waals surface area contributed by atoms with E-state index in [-0.39, 0.29) is 11.7 Å². The molecule has 3 rings (SSSR count). The summed E-state index contributed by atoms with van der Waals surface area (Å²) in [7, 11) is 1.93. The molecular weight excluding hydrogens is 368 g/mol. The van der Waals surface area contributed by atoms with Crippen LogP contribution in [0.2, 0.25) is 0 Å². The third-order valence-electron chi connectivity index (χ3n) is 4.61. The molecule has 0 unspecified atom stereocenters. The summed E-state index contributed by atoms with van der Waals surface area (Å²) in [6.45, 7) is 4.24. The Balaban J connectivity index is 1.57. The maximum atomic E-state index is 12.3. The van der Waals surface area contributed by atoms with Gasteiger partial charge in [0.05, 0.1) is 5.75 Å². The van der Waals surface area contributed by atoms with Gasteiger partial charge in [-0.15, -0.1) is 10.2 Å². The number of aromatic nitrogens is 3. The lowest BCUT2D eigenvalue weighted by molar-refractivity contribution is -0.113. The van der Waals surface area contributed by atoms with Gasteiger partial charge in [0, 0.05) is 18.3 Å². The molecule has 0 saturated heterocycles. The van der Waals surface area contributed by atoms with Crippen LogP contribution in [0.25, 0.3) is 11.4 Å². The minimum Gasteiger partial charge on any atom is -0.325 e. The van der Waals surface area contributed by atoms with Crippen LogP contribution in [0.5, 0.6) is 0 Å². The first-order valence-corrected chi connectivity index (χ1v) is 10.5. The Labute approximate surface area is 170 Å². The molecule has 28 heavy (non-hydrogen) atoms. The molecule has 1 aromatic heterocycles. The predicted molar refractivity (Wildman–Crippen MR) is 116 cm³/mol. The Hall–Kier alpha value is -2.60. The molecule has 0 saturated carbocycles. The third kappa shape index (κ3) is 5.01. The Kier molecular flexibility index (Phi) is 6.87. The van der Waals surface area contributed by atoms with E-state index in [2.05, 4.69) is 47.6 Å². The van der Waals surface area contributed by atoms with Gasteiger partial charge in [-0.25, -0.2) is 0 Å². The zero-order valence-electron chi connectivity index (χ0n) is 16.6. The highest BCUT2D eigenvalue weighted by Gasteiger charge is 2.14. The minimum atomic E-state index is -0.0493. The van der Waals surface area contributed by atoms with Crippen molar-refractivity contribution in [3.05, 3.63) is 59.7 Å². The van der Waals surface area contributed by atoms with Crippen LogP contribution in [0.15, 0.2) is 53.7 Å². The van der Waals surface area contributed by atoms with Crippen LogP contribution in [-0.4, -0.2) is 26.4 Å². The van der Waals surface area contributed by atoms with Crippen molar-refractivity contribution in [1.82, 2.24) is 14.8 Å². The number of nitrogens with zero attached hydrogens (tertiary/aromatic N) is 3. The Bertz CT molecular complexity index is 934. The number of carbonyl (C=O) groups is 1. The van der Waals surface area contributed by atoms with Crippen molar-refractivity contribution in [1.29, 1.82) is 0 Å². The van der Waals surface area contributed by atoms with Gasteiger partial charge in [0.2, 0.25) is 5.91 Å². The standard InChI is InChI=1S/C22H26N4OS/c1-4-5-9-17-11-13-18(14-12-17)23-20(27)15-28-22-25-24-21(26(22)3)19-10-7-6-8-16(19)2/h6-8,10-14H,4-5,9,15H2,1-3H3,(H,23,27). The summed E-state index contributed by atoms with van der Waals surface area (Å²) in [6.07, 6.45) is 3.45. The molecule has 3 aromatic rings. The first kappa shape index (κ1) is 20.1. The zero-order chi connectivity index (χ0) is 19.9. The molecule has 0 aliphatic rings. The summed E-state index contributed by atoms with van der Waals surface area (Å²) >= 11 is 1.39. The van der Waals surface area contributed by atoms with E-state index in [9.17, 15) is 4.79 Å².